The SMILES string of the molecule is COc1ccc(CCn2c(-c3cccc(C#N)c3)cc(C(N)=O)c2C)cc1. The number of hydrogen-bond acceptors (Lipinski definition) is 3. The number of hydrogen-bond donors (Lipinski definition) is 1. The van der Waals surface area contributed by atoms with Gasteiger partial charge in [0, 0.05) is 17.9 Å². The molecule has 0 radical (unpaired) electrons. The molecule has 27 heavy (non-hydrogen) atoms. The number of carbonyl (C=O) groups is 1. The molecule has 0 atom stereocenters. The second kappa shape index (κ2) is 7.79. The predicted octanol–water partition coefficient (Wildman–Crippen LogP) is 3.69. The Hall–Kier alpha value is -3.52. The first kappa shape index (κ1) is 18.3. The lowest BCUT2D eigenvalue weighted by Crippen LogP contribution is -2.13. The van der Waals surface area contributed by atoms with Crippen molar-refractivity contribution in [3.05, 3.63) is 77.0 Å². The van der Waals surface area contributed by atoms with Crippen molar-refractivity contribution in [2.24, 2.45) is 5.73 Å². The molecule has 0 aliphatic heterocycles. The van der Waals surface area contributed by atoms with Crippen LogP contribution in [0.3, 0.4) is 0 Å². The fraction of sp³-hybridized carbons (Fsp3) is 0.182. The summed E-state index contributed by atoms with van der Waals surface area (Å²) in [6.45, 7) is 2.59. The van der Waals surface area contributed by atoms with Gasteiger partial charge in [-0.3, -0.25) is 4.79 Å². The number of methoxy groups -OCH3 is 1. The molecule has 1 heterocycles. The van der Waals surface area contributed by atoms with E-state index in [1.165, 1.54) is 5.56 Å². The third-order valence-corrected chi connectivity index (χ3v) is 4.70. The average Bonchev–Trinajstić information content (AvgIpc) is 3.03. The third-order valence-electron chi connectivity index (χ3n) is 4.70. The van der Waals surface area contributed by atoms with Gasteiger partial charge in [-0.1, -0.05) is 24.3 Å². The Morgan fingerprint density at radius 1 is 1.19 bits per heavy atom. The number of aromatic nitrogens is 1. The Labute approximate surface area is 158 Å². The van der Waals surface area contributed by atoms with Gasteiger partial charge in [-0.05, 0) is 54.8 Å². The van der Waals surface area contributed by atoms with Crippen LogP contribution in [0.5, 0.6) is 5.75 Å². The van der Waals surface area contributed by atoms with Crippen LogP contribution in [-0.4, -0.2) is 17.6 Å². The topological polar surface area (TPSA) is 81.0 Å². The van der Waals surface area contributed by atoms with Crippen molar-refractivity contribution in [3.63, 3.8) is 0 Å². The van der Waals surface area contributed by atoms with E-state index in [2.05, 4.69) is 10.6 Å². The Bertz CT molecular complexity index is 1010. The molecule has 0 aliphatic carbocycles. The number of benzene rings is 2. The first-order valence-electron chi connectivity index (χ1n) is 8.67. The molecule has 0 spiro atoms. The summed E-state index contributed by atoms with van der Waals surface area (Å²) in [5.74, 6) is 0.370. The second-order valence-corrected chi connectivity index (χ2v) is 6.34. The molecule has 2 N–H and O–H groups in total. The summed E-state index contributed by atoms with van der Waals surface area (Å²) in [5.41, 5.74) is 10.4. The number of nitriles is 1. The standard InChI is InChI=1S/C22H21N3O2/c1-15-20(22(24)26)13-21(18-5-3-4-17(12-18)14-23)25(15)11-10-16-6-8-19(27-2)9-7-16/h3-9,12-13H,10-11H2,1-2H3,(H2,24,26). The molecule has 0 saturated heterocycles. The smallest absolute Gasteiger partial charge is 0.250 e. The highest BCUT2D eigenvalue weighted by Gasteiger charge is 2.17. The quantitative estimate of drug-likeness (QED) is 0.729. The van der Waals surface area contributed by atoms with Gasteiger partial charge in [-0.2, -0.15) is 5.26 Å². The van der Waals surface area contributed by atoms with Crippen LogP contribution in [0, 0.1) is 18.3 Å². The Morgan fingerprint density at radius 2 is 1.93 bits per heavy atom. The van der Waals surface area contributed by atoms with E-state index in [0.717, 1.165) is 29.1 Å². The van der Waals surface area contributed by atoms with Crippen LogP contribution >= 0.6 is 0 Å². The molecule has 0 fully saturated rings. The lowest BCUT2D eigenvalue weighted by molar-refractivity contribution is 0.0999. The molecule has 0 bridgehead atoms. The minimum absolute atomic E-state index is 0.451. The maximum atomic E-state index is 11.8. The molecular formula is C22H21N3O2. The van der Waals surface area contributed by atoms with E-state index in [0.29, 0.717) is 17.7 Å². The zero-order valence-electron chi connectivity index (χ0n) is 15.4. The van der Waals surface area contributed by atoms with Crippen LogP contribution in [0.2, 0.25) is 0 Å². The zero-order chi connectivity index (χ0) is 19.4. The molecular weight excluding hydrogens is 338 g/mol. The number of nitrogens with two attached hydrogens (primary N) is 1. The number of primary amides is 1. The van der Waals surface area contributed by atoms with E-state index in [-0.39, 0.29) is 0 Å². The van der Waals surface area contributed by atoms with E-state index in [9.17, 15) is 10.1 Å². The number of carbonyl (C=O) groups excluding carboxylic acids is 1. The number of rotatable bonds is 6. The zero-order valence-corrected chi connectivity index (χ0v) is 15.4. The van der Waals surface area contributed by atoms with Gasteiger partial charge in [0.15, 0.2) is 0 Å². The van der Waals surface area contributed by atoms with Gasteiger partial charge in [0.05, 0.1) is 24.3 Å². The van der Waals surface area contributed by atoms with Gasteiger partial charge in [0.1, 0.15) is 5.75 Å². The van der Waals surface area contributed by atoms with Crippen LogP contribution in [0.1, 0.15) is 27.2 Å². The second-order valence-electron chi connectivity index (χ2n) is 6.34. The molecule has 1 aromatic heterocycles. The highest BCUT2D eigenvalue weighted by atomic mass is 16.5. The van der Waals surface area contributed by atoms with Crippen molar-refractivity contribution >= 4 is 5.91 Å². The number of amides is 1. The van der Waals surface area contributed by atoms with Crippen molar-refractivity contribution in [3.8, 4) is 23.1 Å². The number of nitrogens with zero attached hydrogens (tertiary/aromatic N) is 2. The number of aryl methyl sites for hydroxylation is 1. The normalized spacial score (nSPS) is 10.4. The van der Waals surface area contributed by atoms with Crippen molar-refractivity contribution in [1.82, 2.24) is 4.57 Å². The Balaban J connectivity index is 1.97. The van der Waals surface area contributed by atoms with Crippen LogP contribution in [0.4, 0.5) is 0 Å². The van der Waals surface area contributed by atoms with E-state index in [1.807, 2.05) is 55.5 Å². The predicted molar refractivity (Wildman–Crippen MR) is 105 cm³/mol. The largest absolute Gasteiger partial charge is 0.497 e. The fourth-order valence-corrected chi connectivity index (χ4v) is 3.20. The minimum atomic E-state index is -0.451. The van der Waals surface area contributed by atoms with Crippen LogP contribution < -0.4 is 10.5 Å². The van der Waals surface area contributed by atoms with Crippen LogP contribution in [0.25, 0.3) is 11.3 Å². The van der Waals surface area contributed by atoms with E-state index < -0.39 is 5.91 Å². The summed E-state index contributed by atoms with van der Waals surface area (Å²) in [6, 6.07) is 19.3. The summed E-state index contributed by atoms with van der Waals surface area (Å²) < 4.78 is 7.28. The maximum absolute atomic E-state index is 11.8. The Kier molecular flexibility index (Phi) is 5.28. The molecule has 0 aliphatic rings. The van der Waals surface area contributed by atoms with Crippen LogP contribution in [-0.2, 0) is 13.0 Å². The molecule has 5 nitrogen and oxygen atoms in total. The van der Waals surface area contributed by atoms with Gasteiger partial charge in [-0.15, -0.1) is 0 Å². The monoisotopic (exact) mass is 359 g/mol. The number of ether oxygens (including phenoxy) is 1. The lowest BCUT2D eigenvalue weighted by Gasteiger charge is -2.13. The summed E-state index contributed by atoms with van der Waals surface area (Å²) in [6.07, 6.45) is 0.794. The van der Waals surface area contributed by atoms with Crippen LogP contribution in [0.15, 0.2) is 54.6 Å². The van der Waals surface area contributed by atoms with Crippen molar-refractivity contribution < 1.29 is 9.53 Å². The lowest BCUT2D eigenvalue weighted by atomic mass is 10.1. The van der Waals surface area contributed by atoms with Gasteiger partial charge >= 0.3 is 0 Å². The van der Waals surface area contributed by atoms with Gasteiger partial charge < -0.3 is 15.0 Å². The fourth-order valence-electron chi connectivity index (χ4n) is 3.20. The molecule has 3 aromatic rings. The van der Waals surface area contributed by atoms with Crippen molar-refractivity contribution in [1.29, 1.82) is 5.26 Å². The van der Waals surface area contributed by atoms with E-state index >= 15 is 0 Å². The van der Waals surface area contributed by atoms with Gasteiger partial charge in [0.2, 0.25) is 0 Å². The van der Waals surface area contributed by atoms with Crippen molar-refractivity contribution in [2.45, 2.75) is 19.9 Å². The van der Waals surface area contributed by atoms with E-state index in [1.54, 1.807) is 13.2 Å². The molecule has 0 saturated carbocycles. The van der Waals surface area contributed by atoms with Gasteiger partial charge in [-0.25, -0.2) is 0 Å². The summed E-state index contributed by atoms with van der Waals surface area (Å²) >= 11 is 0. The van der Waals surface area contributed by atoms with Gasteiger partial charge in [0.25, 0.3) is 5.91 Å². The Morgan fingerprint density at radius 3 is 2.56 bits per heavy atom. The highest BCUT2D eigenvalue weighted by molar-refractivity contribution is 5.95. The summed E-state index contributed by atoms with van der Waals surface area (Å²) in [5, 5.41) is 9.18. The highest BCUT2D eigenvalue weighted by Crippen LogP contribution is 2.27. The first-order chi connectivity index (χ1) is 13.0. The maximum Gasteiger partial charge on any atom is 0.250 e. The minimum Gasteiger partial charge on any atom is -0.497 e. The molecule has 5 heteroatoms. The third kappa shape index (κ3) is 3.85. The summed E-state index contributed by atoms with van der Waals surface area (Å²) in [4.78, 5) is 11.8. The molecule has 2 aromatic carbocycles. The average molecular weight is 359 g/mol. The first-order valence-corrected chi connectivity index (χ1v) is 8.67. The molecule has 3 rings (SSSR count). The van der Waals surface area contributed by atoms with Crippen molar-refractivity contribution in [2.75, 3.05) is 7.11 Å². The molecule has 136 valence electrons. The molecule has 0 unspecified atom stereocenters. The van der Waals surface area contributed by atoms with E-state index in [4.69, 9.17) is 10.5 Å². The molecule has 1 amide bonds. The summed E-state index contributed by atoms with van der Waals surface area (Å²) in [7, 11) is 1.64.